The van der Waals surface area contributed by atoms with Gasteiger partial charge in [-0.2, -0.15) is 0 Å². The van der Waals surface area contributed by atoms with Gasteiger partial charge >= 0.3 is 0 Å². The van der Waals surface area contributed by atoms with E-state index in [0.29, 0.717) is 5.71 Å². The molecule has 17 heavy (non-hydrogen) atoms. The van der Waals surface area contributed by atoms with E-state index in [-0.39, 0.29) is 11.8 Å². The van der Waals surface area contributed by atoms with E-state index in [2.05, 4.69) is 4.99 Å². The van der Waals surface area contributed by atoms with Crippen molar-refractivity contribution < 1.29 is 4.79 Å². The second-order valence-electron chi connectivity index (χ2n) is 4.02. The molecular weight excluding hydrogens is 210 g/mol. The quantitative estimate of drug-likeness (QED) is 0.766. The topological polar surface area (TPSA) is 29.4 Å². The molecule has 1 aliphatic heterocycles. The van der Waals surface area contributed by atoms with Crippen LogP contribution < -0.4 is 0 Å². The lowest BCUT2D eigenvalue weighted by Crippen LogP contribution is -2.32. The second-order valence-corrected chi connectivity index (χ2v) is 4.02. The zero-order valence-electron chi connectivity index (χ0n) is 9.21. The lowest BCUT2D eigenvalue weighted by atomic mass is 9.90. The Morgan fingerprint density at radius 1 is 0.824 bits per heavy atom. The maximum Gasteiger partial charge on any atom is 0.210 e. The highest BCUT2D eigenvalue weighted by Crippen LogP contribution is 2.28. The van der Waals surface area contributed by atoms with Gasteiger partial charge in [0.05, 0.1) is 0 Å². The first kappa shape index (κ1) is 9.97. The maximum absolute atomic E-state index is 12.0. The molecule has 1 aliphatic rings. The summed E-state index contributed by atoms with van der Waals surface area (Å²) >= 11 is 0. The van der Waals surface area contributed by atoms with Gasteiger partial charge in [0.1, 0.15) is 11.8 Å². The Hall–Kier alpha value is -2.22. The highest BCUT2D eigenvalue weighted by Gasteiger charge is 2.34. The molecule has 0 fully saturated rings. The Balaban J connectivity index is 1.92. The van der Waals surface area contributed by atoms with Crippen molar-refractivity contribution in [1.29, 1.82) is 0 Å². The van der Waals surface area contributed by atoms with Gasteiger partial charge < -0.3 is 0 Å². The predicted molar refractivity (Wildman–Crippen MR) is 67.2 cm³/mol. The van der Waals surface area contributed by atoms with Crippen LogP contribution in [0.3, 0.4) is 0 Å². The van der Waals surface area contributed by atoms with Crippen LogP contribution >= 0.6 is 0 Å². The number of carbonyl (C=O) groups excluding carboxylic acids is 1. The van der Waals surface area contributed by atoms with Gasteiger partial charge in [0, 0.05) is 5.56 Å². The first-order chi connectivity index (χ1) is 8.36. The number of carbonyl (C=O) groups is 1. The summed E-state index contributed by atoms with van der Waals surface area (Å²) in [5, 5.41) is 0. The van der Waals surface area contributed by atoms with Crippen LogP contribution in [0.1, 0.15) is 17.2 Å². The number of aliphatic imine (C=N–C) groups is 1. The minimum atomic E-state index is -0.300. The standard InChI is InChI=1S/C15H11NO/c17-15-13(11-7-3-1-4-8-11)16-14(15)12-9-5-2-6-10-12/h1-10,13H. The van der Waals surface area contributed by atoms with Gasteiger partial charge in [-0.25, -0.2) is 0 Å². The van der Waals surface area contributed by atoms with Crippen molar-refractivity contribution in [2.75, 3.05) is 0 Å². The van der Waals surface area contributed by atoms with E-state index in [4.69, 9.17) is 0 Å². The molecule has 3 rings (SSSR count). The molecule has 0 aliphatic carbocycles. The van der Waals surface area contributed by atoms with E-state index in [0.717, 1.165) is 11.1 Å². The van der Waals surface area contributed by atoms with Gasteiger partial charge in [-0.1, -0.05) is 60.7 Å². The summed E-state index contributed by atoms with van der Waals surface area (Å²) in [6.07, 6.45) is 0. The second kappa shape index (κ2) is 3.98. The van der Waals surface area contributed by atoms with Gasteiger partial charge in [-0.05, 0) is 5.56 Å². The van der Waals surface area contributed by atoms with Crippen LogP contribution in [0.5, 0.6) is 0 Å². The summed E-state index contributed by atoms with van der Waals surface area (Å²) in [5.41, 5.74) is 2.47. The Bertz CT molecular complexity index is 572. The van der Waals surface area contributed by atoms with Crippen molar-refractivity contribution in [3.63, 3.8) is 0 Å². The fraction of sp³-hybridized carbons (Fsp3) is 0.0667. The van der Waals surface area contributed by atoms with Crippen LogP contribution in [0.4, 0.5) is 0 Å². The molecule has 2 aromatic carbocycles. The third-order valence-corrected chi connectivity index (χ3v) is 2.90. The van der Waals surface area contributed by atoms with E-state index in [1.807, 2.05) is 60.7 Å². The van der Waals surface area contributed by atoms with Crippen molar-refractivity contribution in [1.82, 2.24) is 0 Å². The summed E-state index contributed by atoms with van der Waals surface area (Å²) in [4.78, 5) is 16.4. The van der Waals surface area contributed by atoms with Gasteiger partial charge in [-0.15, -0.1) is 0 Å². The number of hydrogen-bond donors (Lipinski definition) is 0. The fourth-order valence-corrected chi connectivity index (χ4v) is 1.99. The molecule has 1 atom stereocenters. The van der Waals surface area contributed by atoms with Crippen molar-refractivity contribution in [2.45, 2.75) is 6.04 Å². The average molecular weight is 221 g/mol. The third kappa shape index (κ3) is 1.68. The molecule has 2 heteroatoms. The van der Waals surface area contributed by atoms with E-state index >= 15 is 0 Å². The molecule has 2 nitrogen and oxygen atoms in total. The molecule has 1 heterocycles. The molecule has 0 aromatic heterocycles. The number of ketones is 1. The molecule has 0 bridgehead atoms. The van der Waals surface area contributed by atoms with Crippen molar-refractivity contribution in [3.05, 3.63) is 71.8 Å². The summed E-state index contributed by atoms with van der Waals surface area (Å²) in [6, 6.07) is 19.0. The normalized spacial score (nSPS) is 18.5. The summed E-state index contributed by atoms with van der Waals surface area (Å²) in [6.45, 7) is 0. The molecule has 1 unspecified atom stereocenters. The van der Waals surface area contributed by atoms with Crippen molar-refractivity contribution in [3.8, 4) is 0 Å². The number of nitrogens with zero attached hydrogens (tertiary/aromatic N) is 1. The fourth-order valence-electron chi connectivity index (χ4n) is 1.99. The van der Waals surface area contributed by atoms with E-state index in [1.54, 1.807) is 0 Å². The molecule has 0 saturated carbocycles. The zero-order valence-corrected chi connectivity index (χ0v) is 9.21. The van der Waals surface area contributed by atoms with Crippen LogP contribution in [0.25, 0.3) is 0 Å². The van der Waals surface area contributed by atoms with Gasteiger partial charge in [-0.3, -0.25) is 9.79 Å². The molecular formula is C15H11NO. The first-order valence-corrected chi connectivity index (χ1v) is 5.58. The smallest absolute Gasteiger partial charge is 0.210 e. The van der Waals surface area contributed by atoms with Crippen molar-refractivity contribution in [2.24, 2.45) is 4.99 Å². The average Bonchev–Trinajstić information content (AvgIpc) is 2.40. The largest absolute Gasteiger partial charge is 0.290 e. The van der Waals surface area contributed by atoms with Gasteiger partial charge in [0.25, 0.3) is 0 Å². The number of hydrogen-bond acceptors (Lipinski definition) is 2. The summed E-state index contributed by atoms with van der Waals surface area (Å²) in [7, 11) is 0. The Kier molecular flexibility index (Phi) is 2.33. The first-order valence-electron chi connectivity index (χ1n) is 5.58. The number of rotatable bonds is 2. The zero-order chi connectivity index (χ0) is 11.7. The van der Waals surface area contributed by atoms with Crippen LogP contribution in [0, 0.1) is 0 Å². The van der Waals surface area contributed by atoms with Gasteiger partial charge in [0.15, 0.2) is 0 Å². The molecule has 82 valence electrons. The minimum Gasteiger partial charge on any atom is -0.290 e. The Morgan fingerprint density at radius 3 is 2.00 bits per heavy atom. The lowest BCUT2D eigenvalue weighted by Gasteiger charge is -2.23. The SMILES string of the molecule is O=C1C(c2ccccc2)=NC1c1ccccc1. The Morgan fingerprint density at radius 2 is 1.41 bits per heavy atom. The summed E-state index contributed by atoms with van der Waals surface area (Å²) < 4.78 is 0. The lowest BCUT2D eigenvalue weighted by molar-refractivity contribution is -0.115. The third-order valence-electron chi connectivity index (χ3n) is 2.90. The number of benzene rings is 2. The highest BCUT2D eigenvalue weighted by molar-refractivity contribution is 6.52. The molecule has 0 N–H and O–H groups in total. The van der Waals surface area contributed by atoms with E-state index in [9.17, 15) is 4.79 Å². The maximum atomic E-state index is 12.0. The van der Waals surface area contributed by atoms with Crippen LogP contribution in [0.15, 0.2) is 65.7 Å². The van der Waals surface area contributed by atoms with Crippen LogP contribution in [-0.4, -0.2) is 11.5 Å². The van der Waals surface area contributed by atoms with E-state index in [1.165, 1.54) is 0 Å². The van der Waals surface area contributed by atoms with Crippen molar-refractivity contribution >= 4 is 11.5 Å². The minimum absolute atomic E-state index is 0.113. The molecule has 2 aromatic rings. The van der Waals surface area contributed by atoms with E-state index < -0.39 is 0 Å². The van der Waals surface area contributed by atoms with Crippen LogP contribution in [-0.2, 0) is 4.79 Å². The Labute approximate surface area is 99.6 Å². The number of Topliss-reactive ketones (excluding diaryl/α,β-unsaturated/α-hetero) is 1. The predicted octanol–water partition coefficient (Wildman–Crippen LogP) is 2.80. The molecule has 0 amide bonds. The van der Waals surface area contributed by atoms with Crippen LogP contribution in [0.2, 0.25) is 0 Å². The molecule has 0 saturated heterocycles. The highest BCUT2D eigenvalue weighted by atomic mass is 16.1. The molecule has 0 radical (unpaired) electrons. The van der Waals surface area contributed by atoms with Gasteiger partial charge in [0.2, 0.25) is 5.78 Å². The summed E-state index contributed by atoms with van der Waals surface area (Å²) in [5.74, 6) is 0.113. The molecule has 0 spiro atoms. The monoisotopic (exact) mass is 221 g/mol.